The molecule has 0 unspecified atom stereocenters. The van der Waals surface area contributed by atoms with Gasteiger partial charge < -0.3 is 14.6 Å². The zero-order chi connectivity index (χ0) is 19.7. The van der Waals surface area contributed by atoms with Gasteiger partial charge in [-0.1, -0.05) is 6.07 Å². The minimum Gasteiger partial charge on any atom is -0.478 e. The number of likely N-dealkylation sites (N-methyl/N-ethyl adjacent to an activating group) is 1. The van der Waals surface area contributed by atoms with Crippen LogP contribution in [-0.4, -0.2) is 40.4 Å². The molecule has 0 radical (unpaired) electrons. The second kappa shape index (κ2) is 7.40. The summed E-state index contributed by atoms with van der Waals surface area (Å²) in [6.45, 7) is 2.56. The average Bonchev–Trinajstić information content (AvgIpc) is 3.26. The third-order valence-corrected chi connectivity index (χ3v) is 5.24. The average molecular weight is 396 g/mol. The van der Waals surface area contributed by atoms with Crippen LogP contribution in [0.15, 0.2) is 52.4 Å². The van der Waals surface area contributed by atoms with Crippen LogP contribution in [0.3, 0.4) is 0 Å². The SMILES string of the molecule is CCN1C(=O)C(=Cc2ccc3c(c2)OCO3)SC1=Nc1ccc(C(=O)O)cc1. The van der Waals surface area contributed by atoms with Gasteiger partial charge in [-0.05, 0) is 66.7 Å². The number of carboxylic acids is 1. The predicted molar refractivity (Wildman–Crippen MR) is 106 cm³/mol. The monoisotopic (exact) mass is 396 g/mol. The summed E-state index contributed by atoms with van der Waals surface area (Å²) in [5.41, 5.74) is 1.61. The smallest absolute Gasteiger partial charge is 0.335 e. The van der Waals surface area contributed by atoms with Crippen molar-refractivity contribution in [2.45, 2.75) is 6.92 Å². The first-order valence-electron chi connectivity index (χ1n) is 8.58. The van der Waals surface area contributed by atoms with Crippen LogP contribution in [0.2, 0.25) is 0 Å². The minimum atomic E-state index is -0.992. The van der Waals surface area contributed by atoms with E-state index in [-0.39, 0.29) is 18.3 Å². The molecular weight excluding hydrogens is 380 g/mol. The molecule has 0 aliphatic carbocycles. The normalized spacial score (nSPS) is 18.3. The summed E-state index contributed by atoms with van der Waals surface area (Å²) in [5, 5.41) is 9.55. The van der Waals surface area contributed by atoms with E-state index in [1.165, 1.54) is 23.9 Å². The van der Waals surface area contributed by atoms with Gasteiger partial charge in [0.25, 0.3) is 5.91 Å². The molecule has 0 bridgehead atoms. The number of carbonyl (C=O) groups is 2. The van der Waals surface area contributed by atoms with Crippen molar-refractivity contribution in [3.63, 3.8) is 0 Å². The second-order valence-electron chi connectivity index (χ2n) is 6.02. The van der Waals surface area contributed by atoms with E-state index in [9.17, 15) is 9.59 Å². The Balaban J connectivity index is 1.61. The Morgan fingerprint density at radius 1 is 1.21 bits per heavy atom. The molecule has 2 aromatic rings. The maximum Gasteiger partial charge on any atom is 0.335 e. The number of ether oxygens (including phenoxy) is 2. The van der Waals surface area contributed by atoms with E-state index in [0.717, 1.165) is 5.56 Å². The van der Waals surface area contributed by atoms with Crippen molar-refractivity contribution in [2.24, 2.45) is 4.99 Å². The third kappa shape index (κ3) is 3.46. The van der Waals surface area contributed by atoms with E-state index < -0.39 is 5.97 Å². The number of amides is 1. The number of rotatable bonds is 4. The van der Waals surface area contributed by atoms with Gasteiger partial charge in [0.2, 0.25) is 6.79 Å². The Bertz CT molecular complexity index is 1010. The van der Waals surface area contributed by atoms with E-state index >= 15 is 0 Å². The summed E-state index contributed by atoms with van der Waals surface area (Å²) in [4.78, 5) is 30.4. The van der Waals surface area contributed by atoms with Crippen molar-refractivity contribution < 1.29 is 24.2 Å². The predicted octanol–water partition coefficient (Wildman–Crippen LogP) is 3.74. The van der Waals surface area contributed by atoms with E-state index in [4.69, 9.17) is 14.6 Å². The van der Waals surface area contributed by atoms with Crippen LogP contribution in [0, 0.1) is 0 Å². The van der Waals surface area contributed by atoms with E-state index in [0.29, 0.717) is 33.8 Å². The number of aliphatic imine (C=N–C) groups is 1. The van der Waals surface area contributed by atoms with Gasteiger partial charge in [-0.2, -0.15) is 0 Å². The highest BCUT2D eigenvalue weighted by Gasteiger charge is 2.32. The van der Waals surface area contributed by atoms with E-state index in [1.54, 1.807) is 23.1 Å². The van der Waals surface area contributed by atoms with Crippen LogP contribution in [0.1, 0.15) is 22.8 Å². The number of benzene rings is 2. The van der Waals surface area contributed by atoms with E-state index in [2.05, 4.69) is 4.99 Å². The van der Waals surface area contributed by atoms with Gasteiger partial charge >= 0.3 is 5.97 Å². The maximum absolute atomic E-state index is 12.7. The molecule has 0 aromatic heterocycles. The summed E-state index contributed by atoms with van der Waals surface area (Å²) < 4.78 is 10.7. The first kappa shape index (κ1) is 18.1. The van der Waals surface area contributed by atoms with Crippen LogP contribution < -0.4 is 9.47 Å². The molecule has 1 N–H and O–H groups in total. The molecule has 8 heteroatoms. The summed E-state index contributed by atoms with van der Waals surface area (Å²) in [6, 6.07) is 11.7. The highest BCUT2D eigenvalue weighted by atomic mass is 32.2. The molecule has 142 valence electrons. The molecule has 7 nitrogen and oxygen atoms in total. The Morgan fingerprint density at radius 3 is 2.68 bits per heavy atom. The minimum absolute atomic E-state index is 0.119. The van der Waals surface area contributed by atoms with Crippen molar-refractivity contribution in [1.29, 1.82) is 0 Å². The Hall–Kier alpha value is -3.26. The zero-order valence-electron chi connectivity index (χ0n) is 14.9. The number of hydrogen-bond acceptors (Lipinski definition) is 6. The molecule has 0 spiro atoms. The number of hydrogen-bond donors (Lipinski definition) is 1. The fourth-order valence-electron chi connectivity index (χ4n) is 2.81. The molecule has 28 heavy (non-hydrogen) atoms. The first-order chi connectivity index (χ1) is 13.5. The lowest BCUT2D eigenvalue weighted by molar-refractivity contribution is -0.122. The maximum atomic E-state index is 12.7. The molecule has 2 aliphatic rings. The van der Waals surface area contributed by atoms with Gasteiger partial charge in [0.15, 0.2) is 16.7 Å². The Morgan fingerprint density at radius 2 is 1.96 bits per heavy atom. The zero-order valence-corrected chi connectivity index (χ0v) is 15.7. The fourth-order valence-corrected chi connectivity index (χ4v) is 3.88. The number of carbonyl (C=O) groups excluding carboxylic acids is 1. The lowest BCUT2D eigenvalue weighted by Crippen LogP contribution is -2.28. The van der Waals surface area contributed by atoms with Crippen LogP contribution in [0.5, 0.6) is 11.5 Å². The van der Waals surface area contributed by atoms with Gasteiger partial charge in [-0.15, -0.1) is 0 Å². The fraction of sp³-hybridized carbons (Fsp3) is 0.150. The van der Waals surface area contributed by atoms with Crippen LogP contribution in [-0.2, 0) is 4.79 Å². The van der Waals surface area contributed by atoms with Gasteiger partial charge in [0.1, 0.15) is 0 Å². The molecule has 0 atom stereocenters. The molecule has 2 aliphatic heterocycles. The standard InChI is InChI=1S/C20H16N2O5S/c1-2-22-18(23)17(10-12-3-8-15-16(9-12)27-11-26-15)28-20(22)21-14-6-4-13(5-7-14)19(24)25/h3-10H,2,11H2,1H3,(H,24,25). The largest absolute Gasteiger partial charge is 0.478 e. The summed E-state index contributed by atoms with van der Waals surface area (Å²) in [5.74, 6) is 0.235. The van der Waals surface area contributed by atoms with Gasteiger partial charge in [0.05, 0.1) is 16.2 Å². The molecule has 0 saturated carbocycles. The molecule has 2 aromatic carbocycles. The van der Waals surface area contributed by atoms with Gasteiger partial charge in [-0.25, -0.2) is 9.79 Å². The van der Waals surface area contributed by atoms with Gasteiger partial charge in [0, 0.05) is 6.54 Å². The topological polar surface area (TPSA) is 88.4 Å². The summed E-state index contributed by atoms with van der Waals surface area (Å²) >= 11 is 1.28. The lowest BCUT2D eigenvalue weighted by atomic mass is 10.2. The quantitative estimate of drug-likeness (QED) is 0.792. The number of fused-ring (bicyclic) bond motifs is 1. The third-order valence-electron chi connectivity index (χ3n) is 4.24. The van der Waals surface area contributed by atoms with Crippen molar-refractivity contribution in [3.05, 3.63) is 58.5 Å². The molecular formula is C20H16N2O5S. The first-order valence-corrected chi connectivity index (χ1v) is 9.40. The van der Waals surface area contributed by atoms with Crippen LogP contribution >= 0.6 is 11.8 Å². The van der Waals surface area contributed by atoms with Crippen molar-refractivity contribution >= 4 is 40.6 Å². The number of nitrogens with zero attached hydrogens (tertiary/aromatic N) is 2. The number of aromatic carboxylic acids is 1. The number of amidine groups is 1. The lowest BCUT2D eigenvalue weighted by Gasteiger charge is -2.12. The van der Waals surface area contributed by atoms with Gasteiger partial charge in [-0.3, -0.25) is 9.69 Å². The molecule has 1 saturated heterocycles. The highest BCUT2D eigenvalue weighted by Crippen LogP contribution is 2.37. The number of thioether (sulfide) groups is 1. The summed E-state index contributed by atoms with van der Waals surface area (Å²) in [6.07, 6.45) is 1.80. The van der Waals surface area contributed by atoms with Crippen LogP contribution in [0.25, 0.3) is 6.08 Å². The number of carboxylic acid groups (broad SMARTS) is 1. The molecule has 4 rings (SSSR count). The highest BCUT2D eigenvalue weighted by molar-refractivity contribution is 8.18. The summed E-state index contributed by atoms with van der Waals surface area (Å²) in [7, 11) is 0. The molecule has 2 heterocycles. The Kier molecular flexibility index (Phi) is 4.79. The van der Waals surface area contributed by atoms with Crippen molar-refractivity contribution in [2.75, 3.05) is 13.3 Å². The molecule has 1 fully saturated rings. The Labute approximate surface area is 165 Å². The second-order valence-corrected chi connectivity index (χ2v) is 7.03. The van der Waals surface area contributed by atoms with Crippen molar-refractivity contribution in [3.8, 4) is 11.5 Å². The van der Waals surface area contributed by atoms with Crippen LogP contribution in [0.4, 0.5) is 5.69 Å². The van der Waals surface area contributed by atoms with E-state index in [1.807, 2.05) is 25.1 Å². The molecule has 1 amide bonds. The van der Waals surface area contributed by atoms with Crippen molar-refractivity contribution in [1.82, 2.24) is 4.90 Å².